The van der Waals surface area contributed by atoms with Crippen molar-refractivity contribution in [1.82, 2.24) is 0 Å². The topological polar surface area (TPSA) is 23.8 Å². The molecular formula is C17H14FN. The summed E-state index contributed by atoms with van der Waals surface area (Å²) in [5.74, 6) is -0.335. The van der Waals surface area contributed by atoms with Crippen LogP contribution in [0.1, 0.15) is 22.3 Å². The molecule has 0 aliphatic carbocycles. The second kappa shape index (κ2) is 5.49. The second-order valence-electron chi connectivity index (χ2n) is 4.52. The van der Waals surface area contributed by atoms with E-state index >= 15 is 0 Å². The third-order valence-electron chi connectivity index (χ3n) is 3.10. The first kappa shape index (κ1) is 13.0. The van der Waals surface area contributed by atoms with Gasteiger partial charge in [0.05, 0.1) is 11.6 Å². The molecule has 0 N–H and O–H groups in total. The molecule has 0 spiro atoms. The Morgan fingerprint density at radius 1 is 1.11 bits per heavy atom. The summed E-state index contributed by atoms with van der Waals surface area (Å²) in [4.78, 5) is 0. The summed E-state index contributed by atoms with van der Waals surface area (Å²) in [5.41, 5.74) is 4.39. The second-order valence-corrected chi connectivity index (χ2v) is 4.52. The Morgan fingerprint density at radius 2 is 1.89 bits per heavy atom. The molecule has 0 fully saturated rings. The monoisotopic (exact) mass is 251 g/mol. The SMILES string of the molecule is Cc1ccc(C=C(C#N)c2cccc(F)c2)cc1C. The third kappa shape index (κ3) is 3.08. The molecule has 2 heteroatoms. The first-order valence-corrected chi connectivity index (χ1v) is 6.05. The lowest BCUT2D eigenvalue weighted by Gasteiger charge is -2.03. The summed E-state index contributed by atoms with van der Waals surface area (Å²) in [7, 11) is 0. The van der Waals surface area contributed by atoms with Gasteiger partial charge in [-0.1, -0.05) is 30.3 Å². The molecule has 94 valence electrons. The zero-order valence-corrected chi connectivity index (χ0v) is 10.9. The number of aryl methyl sites for hydroxylation is 2. The van der Waals surface area contributed by atoms with Crippen LogP contribution < -0.4 is 0 Å². The van der Waals surface area contributed by atoms with Crippen LogP contribution in [0.5, 0.6) is 0 Å². The van der Waals surface area contributed by atoms with Gasteiger partial charge >= 0.3 is 0 Å². The Labute approximate surface area is 112 Å². The number of rotatable bonds is 2. The highest BCUT2D eigenvalue weighted by Gasteiger charge is 2.03. The van der Waals surface area contributed by atoms with Crippen molar-refractivity contribution in [3.63, 3.8) is 0 Å². The predicted molar refractivity (Wildman–Crippen MR) is 75.8 cm³/mol. The average Bonchev–Trinajstić information content (AvgIpc) is 2.40. The standard InChI is InChI=1S/C17H14FN/c1-12-6-7-14(8-13(12)2)9-16(11-19)15-4-3-5-17(18)10-15/h3-10H,1-2H3. The number of halogens is 1. The van der Waals surface area contributed by atoms with Crippen LogP contribution in [0.15, 0.2) is 42.5 Å². The van der Waals surface area contributed by atoms with Crippen LogP contribution in [-0.2, 0) is 0 Å². The summed E-state index contributed by atoms with van der Waals surface area (Å²) >= 11 is 0. The summed E-state index contributed by atoms with van der Waals surface area (Å²) in [6.07, 6.45) is 1.78. The van der Waals surface area contributed by atoms with Gasteiger partial charge in [-0.25, -0.2) is 4.39 Å². The average molecular weight is 251 g/mol. The first-order chi connectivity index (χ1) is 9.10. The molecule has 0 heterocycles. The fourth-order valence-electron chi connectivity index (χ4n) is 1.86. The largest absolute Gasteiger partial charge is 0.207 e. The van der Waals surface area contributed by atoms with Crippen molar-refractivity contribution in [1.29, 1.82) is 5.26 Å². The lowest BCUT2D eigenvalue weighted by atomic mass is 10.0. The fourth-order valence-corrected chi connectivity index (χ4v) is 1.86. The van der Waals surface area contributed by atoms with E-state index in [0.29, 0.717) is 11.1 Å². The van der Waals surface area contributed by atoms with E-state index in [9.17, 15) is 9.65 Å². The number of nitriles is 1. The van der Waals surface area contributed by atoms with E-state index in [-0.39, 0.29) is 5.82 Å². The molecule has 1 nitrogen and oxygen atoms in total. The van der Waals surface area contributed by atoms with Gasteiger partial charge in [0.2, 0.25) is 0 Å². The lowest BCUT2D eigenvalue weighted by molar-refractivity contribution is 0.627. The molecule has 0 aromatic heterocycles. The van der Waals surface area contributed by atoms with Crippen LogP contribution in [0.25, 0.3) is 11.6 Å². The molecule has 2 rings (SSSR count). The molecule has 0 amide bonds. The highest BCUT2D eigenvalue weighted by atomic mass is 19.1. The summed E-state index contributed by atoms with van der Waals surface area (Å²) < 4.78 is 13.2. The van der Waals surface area contributed by atoms with Crippen molar-refractivity contribution in [2.75, 3.05) is 0 Å². The molecule has 0 atom stereocenters. The van der Waals surface area contributed by atoms with Crippen molar-refractivity contribution in [2.45, 2.75) is 13.8 Å². The van der Waals surface area contributed by atoms with Crippen molar-refractivity contribution >= 4 is 11.6 Å². The molecule has 0 radical (unpaired) electrons. The van der Waals surface area contributed by atoms with Crippen LogP contribution in [0.3, 0.4) is 0 Å². The minimum Gasteiger partial charge on any atom is -0.207 e. The maximum Gasteiger partial charge on any atom is 0.123 e. The van der Waals surface area contributed by atoms with Crippen LogP contribution in [-0.4, -0.2) is 0 Å². The van der Waals surface area contributed by atoms with Gasteiger partial charge in [-0.3, -0.25) is 0 Å². The highest BCUT2D eigenvalue weighted by Crippen LogP contribution is 2.20. The Morgan fingerprint density at radius 3 is 2.53 bits per heavy atom. The minimum atomic E-state index is -0.335. The quantitative estimate of drug-likeness (QED) is 0.569. The molecule has 2 aromatic carbocycles. The number of benzene rings is 2. The van der Waals surface area contributed by atoms with Crippen molar-refractivity contribution in [3.8, 4) is 6.07 Å². The normalized spacial score (nSPS) is 11.2. The van der Waals surface area contributed by atoms with Gasteiger partial charge in [-0.2, -0.15) is 5.26 Å². The Kier molecular flexibility index (Phi) is 3.77. The van der Waals surface area contributed by atoms with Crippen LogP contribution in [0, 0.1) is 31.0 Å². The first-order valence-electron chi connectivity index (χ1n) is 6.05. The Balaban J connectivity index is 2.44. The van der Waals surface area contributed by atoms with E-state index in [2.05, 4.69) is 6.07 Å². The maximum atomic E-state index is 13.2. The van der Waals surface area contributed by atoms with E-state index in [1.807, 2.05) is 32.0 Å². The van der Waals surface area contributed by atoms with Gasteiger partial charge in [-0.15, -0.1) is 0 Å². The van der Waals surface area contributed by atoms with E-state index < -0.39 is 0 Å². The van der Waals surface area contributed by atoms with Crippen molar-refractivity contribution < 1.29 is 4.39 Å². The van der Waals surface area contributed by atoms with E-state index in [1.165, 1.54) is 23.3 Å². The lowest BCUT2D eigenvalue weighted by Crippen LogP contribution is -1.86. The Bertz CT molecular complexity index is 678. The summed E-state index contributed by atoms with van der Waals surface area (Å²) in [6, 6.07) is 14.2. The zero-order chi connectivity index (χ0) is 13.8. The van der Waals surface area contributed by atoms with E-state index in [4.69, 9.17) is 0 Å². The highest BCUT2D eigenvalue weighted by molar-refractivity contribution is 5.89. The molecule has 0 saturated carbocycles. The molecular weight excluding hydrogens is 237 g/mol. The zero-order valence-electron chi connectivity index (χ0n) is 10.9. The van der Waals surface area contributed by atoms with E-state index in [0.717, 1.165) is 5.56 Å². The molecule has 19 heavy (non-hydrogen) atoms. The van der Waals surface area contributed by atoms with Gasteiger partial charge in [0, 0.05) is 0 Å². The summed E-state index contributed by atoms with van der Waals surface area (Å²) in [6.45, 7) is 4.07. The van der Waals surface area contributed by atoms with Crippen molar-refractivity contribution in [3.05, 3.63) is 70.5 Å². The fraction of sp³-hybridized carbons (Fsp3) is 0.118. The molecule has 2 aromatic rings. The molecule has 0 aliphatic heterocycles. The van der Waals surface area contributed by atoms with Gasteiger partial charge in [0.25, 0.3) is 0 Å². The summed E-state index contributed by atoms with van der Waals surface area (Å²) in [5, 5.41) is 9.21. The molecule has 0 saturated heterocycles. The Hall–Kier alpha value is -2.40. The predicted octanol–water partition coefficient (Wildman–Crippen LogP) is 4.51. The maximum absolute atomic E-state index is 13.2. The minimum absolute atomic E-state index is 0.335. The number of hydrogen-bond acceptors (Lipinski definition) is 1. The molecule has 0 aliphatic rings. The van der Waals surface area contributed by atoms with E-state index in [1.54, 1.807) is 18.2 Å². The van der Waals surface area contributed by atoms with Gasteiger partial charge in [0.15, 0.2) is 0 Å². The van der Waals surface area contributed by atoms with Gasteiger partial charge in [-0.05, 0) is 54.3 Å². The smallest absolute Gasteiger partial charge is 0.123 e. The van der Waals surface area contributed by atoms with Gasteiger partial charge in [0.1, 0.15) is 5.82 Å². The number of nitrogens with zero attached hydrogens (tertiary/aromatic N) is 1. The van der Waals surface area contributed by atoms with Gasteiger partial charge < -0.3 is 0 Å². The van der Waals surface area contributed by atoms with Crippen LogP contribution in [0.2, 0.25) is 0 Å². The molecule has 0 unspecified atom stereocenters. The third-order valence-corrected chi connectivity index (χ3v) is 3.10. The van der Waals surface area contributed by atoms with Crippen LogP contribution >= 0.6 is 0 Å². The number of allylic oxidation sites excluding steroid dienone is 1. The van der Waals surface area contributed by atoms with Crippen LogP contribution in [0.4, 0.5) is 4.39 Å². The van der Waals surface area contributed by atoms with Crippen molar-refractivity contribution in [2.24, 2.45) is 0 Å². The molecule has 0 bridgehead atoms. The number of hydrogen-bond donors (Lipinski definition) is 0.